The van der Waals surface area contributed by atoms with Gasteiger partial charge in [0.2, 0.25) is 11.8 Å². The minimum absolute atomic E-state index is 0.634. The fraction of sp³-hybridized carbons (Fsp3) is 0.636. The standard InChI is InChI=1S/C11H19N3O/c1-4-6-7-15-10-9(3)8-13-11(14-10)12-5-2/h8H,4-7H2,1-3H3,(H,12,13,14). The van der Waals surface area contributed by atoms with Gasteiger partial charge < -0.3 is 10.1 Å². The molecule has 1 aromatic heterocycles. The van der Waals surface area contributed by atoms with Crippen molar-refractivity contribution in [3.63, 3.8) is 0 Å². The lowest BCUT2D eigenvalue weighted by Gasteiger charge is -2.08. The van der Waals surface area contributed by atoms with E-state index in [-0.39, 0.29) is 0 Å². The fourth-order valence-electron chi connectivity index (χ4n) is 1.13. The molecule has 1 N–H and O–H groups in total. The highest BCUT2D eigenvalue weighted by Crippen LogP contribution is 2.15. The van der Waals surface area contributed by atoms with Gasteiger partial charge >= 0.3 is 0 Å². The maximum atomic E-state index is 5.57. The number of aromatic nitrogens is 2. The van der Waals surface area contributed by atoms with Crippen LogP contribution in [0.5, 0.6) is 5.88 Å². The number of hydrogen-bond donors (Lipinski definition) is 1. The molecule has 4 nitrogen and oxygen atoms in total. The summed E-state index contributed by atoms with van der Waals surface area (Å²) in [5.74, 6) is 1.32. The minimum atomic E-state index is 0.634. The molecule has 0 spiro atoms. The molecular weight excluding hydrogens is 190 g/mol. The van der Waals surface area contributed by atoms with Crippen molar-refractivity contribution in [3.05, 3.63) is 11.8 Å². The van der Waals surface area contributed by atoms with Gasteiger partial charge in [-0.05, 0) is 20.3 Å². The molecule has 0 saturated carbocycles. The molecule has 0 radical (unpaired) electrons. The molecule has 1 heterocycles. The zero-order chi connectivity index (χ0) is 11.1. The van der Waals surface area contributed by atoms with E-state index >= 15 is 0 Å². The number of rotatable bonds is 6. The van der Waals surface area contributed by atoms with E-state index in [4.69, 9.17) is 4.74 Å². The van der Waals surface area contributed by atoms with Gasteiger partial charge in [-0.25, -0.2) is 4.98 Å². The van der Waals surface area contributed by atoms with Gasteiger partial charge in [-0.3, -0.25) is 0 Å². The van der Waals surface area contributed by atoms with Crippen molar-refractivity contribution in [1.82, 2.24) is 9.97 Å². The van der Waals surface area contributed by atoms with Crippen LogP contribution in [0.4, 0.5) is 5.95 Å². The Bertz CT molecular complexity index is 302. The van der Waals surface area contributed by atoms with Crippen molar-refractivity contribution < 1.29 is 4.74 Å². The number of unbranched alkanes of at least 4 members (excludes halogenated alkanes) is 1. The van der Waals surface area contributed by atoms with Crippen molar-refractivity contribution >= 4 is 5.95 Å². The van der Waals surface area contributed by atoms with Crippen LogP contribution in [-0.4, -0.2) is 23.1 Å². The number of hydrogen-bond acceptors (Lipinski definition) is 4. The number of nitrogens with one attached hydrogen (secondary N) is 1. The van der Waals surface area contributed by atoms with E-state index in [1.807, 2.05) is 13.8 Å². The molecule has 1 rings (SSSR count). The molecule has 0 aromatic carbocycles. The predicted molar refractivity (Wildman–Crippen MR) is 61.3 cm³/mol. The average molecular weight is 209 g/mol. The third-order valence-corrected chi connectivity index (χ3v) is 2.00. The highest BCUT2D eigenvalue weighted by molar-refractivity contribution is 5.32. The Morgan fingerprint density at radius 2 is 2.20 bits per heavy atom. The molecule has 15 heavy (non-hydrogen) atoms. The lowest BCUT2D eigenvalue weighted by atomic mass is 10.3. The molecule has 0 aliphatic rings. The van der Waals surface area contributed by atoms with Gasteiger partial charge in [0.05, 0.1) is 6.61 Å². The van der Waals surface area contributed by atoms with Crippen LogP contribution in [-0.2, 0) is 0 Å². The Hall–Kier alpha value is -1.32. The molecule has 0 fully saturated rings. The second-order valence-corrected chi connectivity index (χ2v) is 3.41. The molecule has 4 heteroatoms. The summed E-state index contributed by atoms with van der Waals surface area (Å²) in [4.78, 5) is 8.44. The number of anilines is 1. The highest BCUT2D eigenvalue weighted by Gasteiger charge is 2.03. The molecular formula is C11H19N3O. The van der Waals surface area contributed by atoms with Crippen molar-refractivity contribution in [2.75, 3.05) is 18.5 Å². The molecule has 0 amide bonds. The summed E-state index contributed by atoms with van der Waals surface area (Å²) < 4.78 is 5.57. The van der Waals surface area contributed by atoms with Gasteiger partial charge in [-0.2, -0.15) is 4.98 Å². The first-order valence-electron chi connectivity index (χ1n) is 5.48. The summed E-state index contributed by atoms with van der Waals surface area (Å²) in [7, 11) is 0. The maximum Gasteiger partial charge on any atom is 0.225 e. The molecule has 0 aliphatic heterocycles. The van der Waals surface area contributed by atoms with E-state index in [0.717, 1.165) is 31.6 Å². The van der Waals surface area contributed by atoms with E-state index in [1.54, 1.807) is 6.20 Å². The summed E-state index contributed by atoms with van der Waals surface area (Å²) in [6.45, 7) is 7.65. The van der Waals surface area contributed by atoms with Crippen LogP contribution in [0.3, 0.4) is 0 Å². The topological polar surface area (TPSA) is 47.0 Å². The van der Waals surface area contributed by atoms with E-state index < -0.39 is 0 Å². The third kappa shape index (κ3) is 3.73. The maximum absolute atomic E-state index is 5.57. The second kappa shape index (κ2) is 6.22. The Balaban J connectivity index is 2.63. The van der Waals surface area contributed by atoms with Gasteiger partial charge in [0.1, 0.15) is 0 Å². The largest absolute Gasteiger partial charge is 0.477 e. The first-order chi connectivity index (χ1) is 7.27. The van der Waals surface area contributed by atoms with Crippen LogP contribution >= 0.6 is 0 Å². The second-order valence-electron chi connectivity index (χ2n) is 3.41. The van der Waals surface area contributed by atoms with E-state index in [2.05, 4.69) is 22.2 Å². The summed E-state index contributed by atoms with van der Waals surface area (Å²) in [5.41, 5.74) is 0.979. The smallest absolute Gasteiger partial charge is 0.225 e. The number of ether oxygens (including phenoxy) is 1. The summed E-state index contributed by atoms with van der Waals surface area (Å²) in [6, 6.07) is 0. The number of aryl methyl sites for hydroxylation is 1. The fourth-order valence-corrected chi connectivity index (χ4v) is 1.13. The molecule has 84 valence electrons. The predicted octanol–water partition coefficient (Wildman–Crippen LogP) is 2.40. The van der Waals surface area contributed by atoms with Crippen LogP contribution < -0.4 is 10.1 Å². The van der Waals surface area contributed by atoms with Crippen molar-refractivity contribution in [2.24, 2.45) is 0 Å². The molecule has 1 aromatic rings. The first-order valence-corrected chi connectivity index (χ1v) is 5.48. The van der Waals surface area contributed by atoms with Crippen molar-refractivity contribution in [2.45, 2.75) is 33.6 Å². The normalized spacial score (nSPS) is 10.1. The molecule has 0 bridgehead atoms. The van der Waals surface area contributed by atoms with Gasteiger partial charge in [0.25, 0.3) is 0 Å². The van der Waals surface area contributed by atoms with Crippen LogP contribution in [0.1, 0.15) is 32.3 Å². The van der Waals surface area contributed by atoms with Crippen molar-refractivity contribution in [3.8, 4) is 5.88 Å². The van der Waals surface area contributed by atoms with Gasteiger partial charge in [0, 0.05) is 18.3 Å². The number of nitrogens with zero attached hydrogens (tertiary/aromatic N) is 2. The monoisotopic (exact) mass is 209 g/mol. The Kier molecular flexibility index (Phi) is 4.87. The van der Waals surface area contributed by atoms with Crippen LogP contribution in [0.2, 0.25) is 0 Å². The quantitative estimate of drug-likeness (QED) is 0.731. The molecule has 0 unspecified atom stereocenters. The zero-order valence-corrected chi connectivity index (χ0v) is 9.71. The Morgan fingerprint density at radius 1 is 1.40 bits per heavy atom. The molecule has 0 atom stereocenters. The van der Waals surface area contributed by atoms with Gasteiger partial charge in [-0.1, -0.05) is 13.3 Å². The van der Waals surface area contributed by atoms with Crippen LogP contribution in [0, 0.1) is 6.92 Å². The minimum Gasteiger partial charge on any atom is -0.477 e. The first kappa shape index (κ1) is 11.8. The Morgan fingerprint density at radius 3 is 2.87 bits per heavy atom. The van der Waals surface area contributed by atoms with Crippen LogP contribution in [0.15, 0.2) is 6.20 Å². The van der Waals surface area contributed by atoms with Gasteiger partial charge in [0.15, 0.2) is 0 Å². The highest BCUT2D eigenvalue weighted by atomic mass is 16.5. The summed E-state index contributed by atoms with van der Waals surface area (Å²) in [5, 5.41) is 3.06. The zero-order valence-electron chi connectivity index (χ0n) is 9.71. The van der Waals surface area contributed by atoms with Crippen molar-refractivity contribution in [1.29, 1.82) is 0 Å². The van der Waals surface area contributed by atoms with E-state index in [0.29, 0.717) is 11.8 Å². The average Bonchev–Trinajstić information content (AvgIpc) is 2.23. The van der Waals surface area contributed by atoms with Crippen LogP contribution in [0.25, 0.3) is 0 Å². The Labute approximate surface area is 91.1 Å². The lowest BCUT2D eigenvalue weighted by Crippen LogP contribution is -2.06. The third-order valence-electron chi connectivity index (χ3n) is 2.00. The van der Waals surface area contributed by atoms with Gasteiger partial charge in [-0.15, -0.1) is 0 Å². The molecule has 0 saturated heterocycles. The SMILES string of the molecule is CCCCOc1nc(NCC)ncc1C. The lowest BCUT2D eigenvalue weighted by molar-refractivity contribution is 0.295. The summed E-state index contributed by atoms with van der Waals surface area (Å²) in [6.07, 6.45) is 3.97. The van der Waals surface area contributed by atoms with E-state index in [9.17, 15) is 0 Å². The summed E-state index contributed by atoms with van der Waals surface area (Å²) >= 11 is 0. The molecule has 0 aliphatic carbocycles. The van der Waals surface area contributed by atoms with E-state index in [1.165, 1.54) is 0 Å².